The summed E-state index contributed by atoms with van der Waals surface area (Å²) in [5.41, 5.74) is 6.27. The van der Waals surface area contributed by atoms with Crippen molar-refractivity contribution in [1.82, 2.24) is 14.9 Å². The van der Waals surface area contributed by atoms with E-state index in [0.29, 0.717) is 18.5 Å². The Morgan fingerprint density at radius 1 is 1.12 bits per heavy atom. The van der Waals surface area contributed by atoms with E-state index in [4.69, 9.17) is 5.73 Å². The normalized spacial score (nSPS) is 10.7. The molecule has 0 atom stereocenters. The molecule has 0 saturated heterocycles. The average Bonchev–Trinajstić information content (AvgIpc) is 2.79. The molecular weight excluding hydrogens is 425 g/mol. The van der Waals surface area contributed by atoms with Gasteiger partial charge in [0.05, 0.1) is 6.54 Å². The van der Waals surface area contributed by atoms with Crippen LogP contribution < -0.4 is 27.2 Å². The minimum atomic E-state index is -0.664. The number of H-pyrrole nitrogens is 1. The zero-order valence-electron chi connectivity index (χ0n) is 18.5. The summed E-state index contributed by atoms with van der Waals surface area (Å²) in [6.45, 7) is 2.35. The number of nitrogen functional groups attached to an aromatic ring is 1. The van der Waals surface area contributed by atoms with Crippen LogP contribution in [0.25, 0.3) is 0 Å². The number of nitrogens with two attached hydrogens (primary N) is 1. The van der Waals surface area contributed by atoms with Crippen LogP contribution in [-0.2, 0) is 24.4 Å². The second kappa shape index (κ2) is 11.1. The number of amides is 1. The van der Waals surface area contributed by atoms with Gasteiger partial charge in [0.2, 0.25) is 5.91 Å². The molecule has 4 N–H and O–H groups in total. The van der Waals surface area contributed by atoms with E-state index < -0.39 is 23.0 Å². The van der Waals surface area contributed by atoms with Gasteiger partial charge in [0.15, 0.2) is 0 Å². The Labute approximate surface area is 190 Å². The second-order valence-electron chi connectivity index (χ2n) is 7.71. The first-order valence-electron chi connectivity index (χ1n) is 10.8. The van der Waals surface area contributed by atoms with Gasteiger partial charge < -0.3 is 16.0 Å². The molecule has 174 valence electrons. The van der Waals surface area contributed by atoms with E-state index in [-0.39, 0.29) is 31.1 Å². The van der Waals surface area contributed by atoms with Crippen molar-refractivity contribution in [2.24, 2.45) is 0 Å². The van der Waals surface area contributed by atoms with Crippen LogP contribution in [0.1, 0.15) is 30.9 Å². The zero-order valence-corrected chi connectivity index (χ0v) is 18.5. The lowest BCUT2D eigenvalue weighted by molar-refractivity contribution is -0.119. The van der Waals surface area contributed by atoms with Gasteiger partial charge in [-0.15, -0.1) is 0 Å². The number of hydrogen-bond acceptors (Lipinski definition) is 5. The number of aromatic amines is 1. The van der Waals surface area contributed by atoms with Crippen molar-refractivity contribution in [3.05, 3.63) is 92.4 Å². The third kappa shape index (κ3) is 6.09. The maximum absolute atomic E-state index is 13.9. The third-order valence-corrected chi connectivity index (χ3v) is 5.25. The number of unbranched alkanes of at least 4 members (excludes halogenated alkanes) is 1. The minimum Gasteiger partial charge on any atom is -0.383 e. The van der Waals surface area contributed by atoms with Crippen LogP contribution in [0.2, 0.25) is 0 Å². The fourth-order valence-electron chi connectivity index (χ4n) is 3.50. The number of carbonyl (C=O) groups is 1. The van der Waals surface area contributed by atoms with Crippen LogP contribution in [0, 0.1) is 5.82 Å². The highest BCUT2D eigenvalue weighted by Gasteiger charge is 2.21. The van der Waals surface area contributed by atoms with Crippen LogP contribution in [0.4, 0.5) is 15.9 Å². The monoisotopic (exact) mass is 453 g/mol. The first-order chi connectivity index (χ1) is 15.9. The molecule has 0 spiro atoms. The van der Waals surface area contributed by atoms with Crippen molar-refractivity contribution < 1.29 is 9.18 Å². The molecule has 0 saturated carbocycles. The molecule has 0 radical (unpaired) electrons. The molecule has 0 unspecified atom stereocenters. The van der Waals surface area contributed by atoms with Gasteiger partial charge in [-0.25, -0.2) is 9.18 Å². The predicted molar refractivity (Wildman–Crippen MR) is 126 cm³/mol. The summed E-state index contributed by atoms with van der Waals surface area (Å²) >= 11 is 0. The van der Waals surface area contributed by atoms with Crippen LogP contribution in [0.3, 0.4) is 0 Å². The summed E-state index contributed by atoms with van der Waals surface area (Å²) < 4.78 is 15.2. The molecule has 33 heavy (non-hydrogen) atoms. The molecular formula is C24H28FN5O3. The lowest BCUT2D eigenvalue weighted by Crippen LogP contribution is -2.42. The van der Waals surface area contributed by atoms with Crippen LogP contribution >= 0.6 is 0 Å². The predicted octanol–water partition coefficient (Wildman–Crippen LogP) is 2.38. The molecule has 1 aromatic heterocycles. The highest BCUT2D eigenvalue weighted by atomic mass is 19.1. The number of rotatable bonds is 10. The Morgan fingerprint density at radius 3 is 2.52 bits per heavy atom. The van der Waals surface area contributed by atoms with Crippen molar-refractivity contribution in [3.8, 4) is 0 Å². The quantitative estimate of drug-likeness (QED) is 0.436. The second-order valence-corrected chi connectivity index (χ2v) is 7.71. The fraction of sp³-hybridized carbons (Fsp3) is 0.292. The molecule has 0 bridgehead atoms. The van der Waals surface area contributed by atoms with E-state index in [2.05, 4.69) is 10.3 Å². The number of benzene rings is 2. The van der Waals surface area contributed by atoms with Crippen LogP contribution in [0.5, 0.6) is 0 Å². The molecule has 3 aromatic rings. The van der Waals surface area contributed by atoms with Crippen LogP contribution in [-0.4, -0.2) is 22.0 Å². The van der Waals surface area contributed by atoms with Crippen molar-refractivity contribution in [3.63, 3.8) is 0 Å². The number of hydrogen-bond donors (Lipinski definition) is 3. The summed E-state index contributed by atoms with van der Waals surface area (Å²) in [6.07, 6.45) is 1.55. The van der Waals surface area contributed by atoms with E-state index in [1.54, 1.807) is 18.2 Å². The maximum Gasteiger partial charge on any atom is 0.330 e. The summed E-state index contributed by atoms with van der Waals surface area (Å²) in [5, 5.41) is 2.68. The van der Waals surface area contributed by atoms with E-state index >= 15 is 0 Å². The van der Waals surface area contributed by atoms with Crippen molar-refractivity contribution in [1.29, 1.82) is 0 Å². The lowest BCUT2D eigenvalue weighted by atomic mass is 10.2. The smallest absolute Gasteiger partial charge is 0.330 e. The van der Waals surface area contributed by atoms with Crippen LogP contribution in [0.15, 0.2) is 64.2 Å². The van der Waals surface area contributed by atoms with E-state index in [1.807, 2.05) is 37.3 Å². The number of halogens is 1. The molecule has 1 amide bonds. The van der Waals surface area contributed by atoms with Gasteiger partial charge in [-0.05, 0) is 18.1 Å². The first kappa shape index (κ1) is 23.8. The SMILES string of the molecule is CCCCn1c(N)c(N(CC(=O)NCc2ccccc2F)Cc2ccccc2)c(=O)[nH]c1=O. The van der Waals surface area contributed by atoms with E-state index in [9.17, 15) is 18.8 Å². The Kier molecular flexibility index (Phi) is 8.01. The molecule has 0 aliphatic carbocycles. The first-order valence-corrected chi connectivity index (χ1v) is 10.8. The van der Waals surface area contributed by atoms with Gasteiger partial charge in [0.25, 0.3) is 5.56 Å². The third-order valence-electron chi connectivity index (χ3n) is 5.25. The van der Waals surface area contributed by atoms with Gasteiger partial charge >= 0.3 is 5.69 Å². The number of carbonyl (C=O) groups excluding carboxylic acids is 1. The molecule has 8 nitrogen and oxygen atoms in total. The highest BCUT2D eigenvalue weighted by Crippen LogP contribution is 2.19. The topological polar surface area (TPSA) is 113 Å². The Hall–Kier alpha value is -3.88. The standard InChI is InChI=1S/C24H28FN5O3/c1-2-3-13-30-22(26)21(23(32)28-24(30)33)29(15-17-9-5-4-6-10-17)16-20(31)27-14-18-11-7-8-12-19(18)25/h4-12H,2-3,13-16,26H2,1H3,(H,27,31)(H,28,32,33). The molecule has 1 heterocycles. The van der Waals surface area contributed by atoms with Gasteiger partial charge in [-0.3, -0.25) is 19.1 Å². The van der Waals surface area contributed by atoms with Gasteiger partial charge in [-0.1, -0.05) is 61.9 Å². The number of aromatic nitrogens is 2. The summed E-state index contributed by atoms with van der Waals surface area (Å²) in [6, 6.07) is 15.5. The Bertz CT molecular complexity index is 1210. The van der Waals surface area contributed by atoms with Gasteiger partial charge in [0, 0.05) is 25.2 Å². The van der Waals surface area contributed by atoms with E-state index in [0.717, 1.165) is 12.0 Å². The Balaban J connectivity index is 1.90. The highest BCUT2D eigenvalue weighted by molar-refractivity contribution is 5.82. The van der Waals surface area contributed by atoms with Crippen molar-refractivity contribution in [2.45, 2.75) is 39.4 Å². The fourth-order valence-corrected chi connectivity index (χ4v) is 3.50. The molecule has 2 aromatic carbocycles. The maximum atomic E-state index is 13.9. The van der Waals surface area contributed by atoms with Gasteiger partial charge in [-0.2, -0.15) is 0 Å². The van der Waals surface area contributed by atoms with Crippen molar-refractivity contribution in [2.75, 3.05) is 17.2 Å². The summed E-state index contributed by atoms with van der Waals surface area (Å²) in [4.78, 5) is 41.7. The zero-order chi connectivity index (χ0) is 23.8. The lowest BCUT2D eigenvalue weighted by Gasteiger charge is -2.26. The van der Waals surface area contributed by atoms with Gasteiger partial charge in [0.1, 0.15) is 17.3 Å². The van der Waals surface area contributed by atoms with E-state index in [1.165, 1.54) is 15.5 Å². The number of anilines is 2. The van der Waals surface area contributed by atoms with Crippen molar-refractivity contribution >= 4 is 17.4 Å². The molecule has 9 heteroatoms. The number of nitrogens with one attached hydrogen (secondary N) is 2. The molecule has 0 fully saturated rings. The minimum absolute atomic E-state index is 0.00647. The summed E-state index contributed by atoms with van der Waals surface area (Å²) in [7, 11) is 0. The summed E-state index contributed by atoms with van der Waals surface area (Å²) in [5.74, 6) is -0.822. The number of nitrogens with zero attached hydrogens (tertiary/aromatic N) is 2. The molecule has 0 aliphatic heterocycles. The Morgan fingerprint density at radius 2 is 1.82 bits per heavy atom. The largest absolute Gasteiger partial charge is 0.383 e. The molecule has 3 rings (SSSR count). The average molecular weight is 454 g/mol. The molecule has 0 aliphatic rings.